The summed E-state index contributed by atoms with van der Waals surface area (Å²) in [7, 11) is 0. The molecule has 0 saturated carbocycles. The SMILES string of the molecule is c1ccc2c(c1)-c1ccccc1C21c2ccccc2-c2c(Nc3cccc4c3oc3ccc5ccccc5c34)cccc21. The fourth-order valence-electron chi connectivity index (χ4n) is 8.06. The van der Waals surface area contributed by atoms with Gasteiger partial charge in [0.1, 0.15) is 5.58 Å². The molecule has 0 amide bonds. The van der Waals surface area contributed by atoms with E-state index in [0.717, 1.165) is 27.9 Å². The first-order valence-electron chi connectivity index (χ1n) is 14.9. The summed E-state index contributed by atoms with van der Waals surface area (Å²) >= 11 is 0. The second kappa shape index (κ2) is 8.24. The maximum Gasteiger partial charge on any atom is 0.158 e. The number of fused-ring (bicyclic) bond motifs is 15. The van der Waals surface area contributed by atoms with Crippen molar-refractivity contribution < 1.29 is 4.42 Å². The molecule has 8 aromatic rings. The van der Waals surface area contributed by atoms with Gasteiger partial charge in [0.15, 0.2) is 5.58 Å². The summed E-state index contributed by atoms with van der Waals surface area (Å²) in [5, 5.41) is 8.58. The van der Waals surface area contributed by atoms with Crippen LogP contribution in [0, 0.1) is 0 Å². The van der Waals surface area contributed by atoms with Crippen molar-refractivity contribution in [2.24, 2.45) is 0 Å². The number of anilines is 2. The third-order valence-electron chi connectivity index (χ3n) is 9.68. The minimum atomic E-state index is -0.360. The standard InChI is InChI=1S/C41H25NO/c1-2-12-26-25(11-1)23-24-37-38(26)30-16-9-22-36(40(30)43-37)42-35-21-10-20-34-39(35)29-15-5-8-19-33(29)41(34)31-17-6-3-13-27(31)28-14-4-7-18-32(28)41/h1-24,42H. The second-order valence-electron chi connectivity index (χ2n) is 11.7. The minimum absolute atomic E-state index is 0.360. The Labute approximate surface area is 248 Å². The lowest BCUT2D eigenvalue weighted by molar-refractivity contribution is 0.670. The third-order valence-corrected chi connectivity index (χ3v) is 9.68. The highest BCUT2D eigenvalue weighted by atomic mass is 16.3. The number of benzene rings is 7. The molecular weight excluding hydrogens is 522 g/mol. The fourth-order valence-corrected chi connectivity index (χ4v) is 8.06. The van der Waals surface area contributed by atoms with Gasteiger partial charge < -0.3 is 9.73 Å². The van der Waals surface area contributed by atoms with Gasteiger partial charge in [-0.05, 0) is 67.9 Å². The van der Waals surface area contributed by atoms with E-state index in [1.807, 2.05) is 0 Å². The van der Waals surface area contributed by atoms with E-state index in [4.69, 9.17) is 4.42 Å². The van der Waals surface area contributed by atoms with Crippen LogP contribution in [-0.4, -0.2) is 0 Å². The van der Waals surface area contributed by atoms with E-state index >= 15 is 0 Å². The molecule has 0 aliphatic heterocycles. The lowest BCUT2D eigenvalue weighted by Crippen LogP contribution is -2.25. The summed E-state index contributed by atoms with van der Waals surface area (Å²) in [4.78, 5) is 0. The molecule has 2 aliphatic rings. The molecule has 7 aromatic carbocycles. The Morgan fingerprint density at radius 3 is 1.81 bits per heavy atom. The number of hydrogen-bond acceptors (Lipinski definition) is 2. The number of rotatable bonds is 2. The quantitative estimate of drug-likeness (QED) is 0.233. The maximum absolute atomic E-state index is 6.58. The van der Waals surface area contributed by atoms with Crippen LogP contribution in [0.2, 0.25) is 0 Å². The van der Waals surface area contributed by atoms with Crippen LogP contribution >= 0.6 is 0 Å². The summed E-state index contributed by atoms with van der Waals surface area (Å²) in [6.07, 6.45) is 0. The Bertz CT molecular complexity index is 2400. The zero-order chi connectivity index (χ0) is 28.1. The smallest absolute Gasteiger partial charge is 0.158 e. The normalized spacial score (nSPS) is 13.8. The molecule has 1 aromatic heterocycles. The number of furan rings is 1. The van der Waals surface area contributed by atoms with E-state index < -0.39 is 0 Å². The van der Waals surface area contributed by atoms with E-state index in [-0.39, 0.29) is 5.41 Å². The monoisotopic (exact) mass is 547 g/mol. The average Bonchev–Trinajstić information content (AvgIpc) is 3.70. The molecule has 0 radical (unpaired) electrons. The molecule has 2 nitrogen and oxygen atoms in total. The van der Waals surface area contributed by atoms with E-state index in [0.29, 0.717) is 0 Å². The molecule has 43 heavy (non-hydrogen) atoms. The van der Waals surface area contributed by atoms with Crippen LogP contribution < -0.4 is 5.32 Å². The highest BCUT2D eigenvalue weighted by Crippen LogP contribution is 2.63. The van der Waals surface area contributed by atoms with Crippen molar-refractivity contribution >= 4 is 44.1 Å². The lowest BCUT2D eigenvalue weighted by Gasteiger charge is -2.30. The van der Waals surface area contributed by atoms with Gasteiger partial charge in [-0.1, -0.05) is 127 Å². The Balaban J connectivity index is 1.23. The molecule has 0 bridgehead atoms. The van der Waals surface area contributed by atoms with Gasteiger partial charge in [0.05, 0.1) is 11.1 Å². The largest absolute Gasteiger partial charge is 0.454 e. The molecular formula is C41H25NO. The molecule has 0 atom stereocenters. The van der Waals surface area contributed by atoms with Crippen LogP contribution in [0.5, 0.6) is 0 Å². The first-order chi connectivity index (χ1) is 21.3. The molecule has 0 saturated heterocycles. The van der Waals surface area contributed by atoms with Gasteiger partial charge >= 0.3 is 0 Å². The van der Waals surface area contributed by atoms with Gasteiger partial charge in [0.25, 0.3) is 0 Å². The van der Waals surface area contributed by atoms with Gasteiger partial charge in [-0.25, -0.2) is 0 Å². The van der Waals surface area contributed by atoms with Crippen LogP contribution in [0.25, 0.3) is 55.0 Å². The highest BCUT2D eigenvalue weighted by Gasteiger charge is 2.51. The van der Waals surface area contributed by atoms with E-state index in [1.54, 1.807) is 0 Å². The minimum Gasteiger partial charge on any atom is -0.454 e. The lowest BCUT2D eigenvalue weighted by atomic mass is 9.70. The van der Waals surface area contributed by atoms with E-state index in [2.05, 4.69) is 151 Å². The first-order valence-corrected chi connectivity index (χ1v) is 14.9. The Morgan fingerprint density at radius 2 is 1.02 bits per heavy atom. The number of hydrogen-bond donors (Lipinski definition) is 1. The van der Waals surface area contributed by atoms with Crippen LogP contribution in [0.1, 0.15) is 22.3 Å². The van der Waals surface area contributed by atoms with Gasteiger partial charge in [-0.15, -0.1) is 0 Å². The van der Waals surface area contributed by atoms with Crippen molar-refractivity contribution in [1.29, 1.82) is 0 Å². The third kappa shape index (κ3) is 2.83. The molecule has 1 heterocycles. The second-order valence-corrected chi connectivity index (χ2v) is 11.7. The predicted molar refractivity (Wildman–Crippen MR) is 177 cm³/mol. The van der Waals surface area contributed by atoms with Crippen LogP contribution in [-0.2, 0) is 5.41 Å². The molecule has 1 spiro atoms. The molecule has 200 valence electrons. The van der Waals surface area contributed by atoms with Gasteiger partial charge in [0, 0.05) is 22.0 Å². The fraction of sp³-hybridized carbons (Fsp3) is 0.0244. The van der Waals surface area contributed by atoms with Crippen molar-refractivity contribution in [2.45, 2.75) is 5.41 Å². The highest BCUT2D eigenvalue weighted by molar-refractivity contribution is 6.20. The van der Waals surface area contributed by atoms with Crippen LogP contribution in [0.15, 0.2) is 150 Å². The molecule has 10 rings (SSSR count). The topological polar surface area (TPSA) is 25.2 Å². The predicted octanol–water partition coefficient (Wildman–Crippen LogP) is 10.8. The number of para-hydroxylation sites is 1. The average molecular weight is 548 g/mol. The van der Waals surface area contributed by atoms with Gasteiger partial charge in [-0.3, -0.25) is 0 Å². The summed E-state index contributed by atoms with van der Waals surface area (Å²) in [6.45, 7) is 0. The summed E-state index contributed by atoms with van der Waals surface area (Å²) in [5.41, 5.74) is 14.0. The van der Waals surface area contributed by atoms with Crippen molar-refractivity contribution in [1.82, 2.24) is 0 Å². The van der Waals surface area contributed by atoms with Crippen LogP contribution in [0.3, 0.4) is 0 Å². The van der Waals surface area contributed by atoms with Gasteiger partial charge in [-0.2, -0.15) is 0 Å². The van der Waals surface area contributed by atoms with Crippen molar-refractivity contribution in [2.75, 3.05) is 5.32 Å². The van der Waals surface area contributed by atoms with E-state index in [1.165, 1.54) is 60.7 Å². The molecule has 2 heteroatoms. The van der Waals surface area contributed by atoms with Crippen molar-refractivity contribution in [3.8, 4) is 22.3 Å². The van der Waals surface area contributed by atoms with E-state index in [9.17, 15) is 0 Å². The summed E-state index contributed by atoms with van der Waals surface area (Å²) in [5.74, 6) is 0. The van der Waals surface area contributed by atoms with Crippen molar-refractivity contribution in [3.63, 3.8) is 0 Å². The molecule has 2 aliphatic carbocycles. The molecule has 0 unspecified atom stereocenters. The van der Waals surface area contributed by atoms with Gasteiger partial charge in [0.2, 0.25) is 0 Å². The van der Waals surface area contributed by atoms with Crippen molar-refractivity contribution in [3.05, 3.63) is 168 Å². The summed E-state index contributed by atoms with van der Waals surface area (Å²) < 4.78 is 6.58. The number of nitrogens with one attached hydrogen (secondary N) is 1. The Kier molecular flexibility index (Phi) is 4.41. The first kappa shape index (κ1) is 23.0. The molecule has 0 fully saturated rings. The Morgan fingerprint density at radius 1 is 0.442 bits per heavy atom. The summed E-state index contributed by atoms with van der Waals surface area (Å²) in [6, 6.07) is 52.8. The molecule has 1 N–H and O–H groups in total. The zero-order valence-electron chi connectivity index (χ0n) is 23.3. The Hall–Kier alpha value is -5.60. The zero-order valence-corrected chi connectivity index (χ0v) is 23.3. The van der Waals surface area contributed by atoms with Crippen LogP contribution in [0.4, 0.5) is 11.4 Å². The maximum atomic E-state index is 6.58.